The van der Waals surface area contributed by atoms with Crippen LogP contribution in [-0.2, 0) is 4.79 Å². The normalized spacial score (nSPS) is 17.3. The molecule has 26 heavy (non-hydrogen) atoms. The third-order valence-electron chi connectivity index (χ3n) is 4.37. The van der Waals surface area contributed by atoms with Crippen molar-refractivity contribution in [2.45, 2.75) is 19.8 Å². The molecule has 0 spiro atoms. The van der Waals surface area contributed by atoms with Crippen molar-refractivity contribution in [2.75, 3.05) is 23.3 Å². The minimum atomic E-state index is -0.131. The first-order valence-electron chi connectivity index (χ1n) is 8.52. The number of carbonyl (C=O) groups excluding carboxylic acids is 1. The van der Waals surface area contributed by atoms with E-state index < -0.39 is 0 Å². The second-order valence-corrected chi connectivity index (χ2v) is 6.30. The Bertz CT molecular complexity index is 873. The van der Waals surface area contributed by atoms with E-state index in [1.807, 2.05) is 24.4 Å². The molecule has 1 aliphatic rings. The van der Waals surface area contributed by atoms with Crippen LogP contribution in [-0.4, -0.2) is 44.1 Å². The lowest BCUT2D eigenvalue weighted by atomic mass is 9.97. The van der Waals surface area contributed by atoms with Crippen molar-refractivity contribution < 1.29 is 9.32 Å². The Morgan fingerprint density at radius 3 is 2.85 bits per heavy atom. The number of piperidine rings is 1. The molecule has 1 amide bonds. The molecule has 0 unspecified atom stereocenters. The highest BCUT2D eigenvalue weighted by atomic mass is 16.5. The summed E-state index contributed by atoms with van der Waals surface area (Å²) in [6, 6.07) is 7.32. The molecule has 3 aromatic rings. The molecule has 134 valence electrons. The number of aryl methyl sites for hydroxylation is 1. The smallest absolute Gasteiger partial charge is 0.230 e. The molecule has 1 saturated heterocycles. The van der Waals surface area contributed by atoms with Gasteiger partial charge in [-0.15, -0.1) is 10.2 Å². The van der Waals surface area contributed by atoms with Crippen molar-refractivity contribution >= 4 is 17.5 Å². The van der Waals surface area contributed by atoms with Gasteiger partial charge in [-0.05, 0) is 38.0 Å². The Hall–Kier alpha value is -3.23. The summed E-state index contributed by atoms with van der Waals surface area (Å²) >= 11 is 0. The highest BCUT2D eigenvalue weighted by Gasteiger charge is 2.27. The molecule has 0 radical (unpaired) electrons. The number of rotatable bonds is 4. The molecular weight excluding hydrogens is 334 g/mol. The molecule has 0 saturated carbocycles. The van der Waals surface area contributed by atoms with Crippen molar-refractivity contribution in [2.24, 2.45) is 5.92 Å². The summed E-state index contributed by atoms with van der Waals surface area (Å²) < 4.78 is 6.64. The SMILES string of the molecule is Cc1cc(NC(=O)[C@@H]2CCCN(c3ccc(-n4cccn4)nn3)C2)no1. The van der Waals surface area contributed by atoms with E-state index in [1.165, 1.54) is 0 Å². The van der Waals surface area contributed by atoms with Crippen molar-refractivity contribution in [1.82, 2.24) is 25.1 Å². The third-order valence-corrected chi connectivity index (χ3v) is 4.37. The van der Waals surface area contributed by atoms with Gasteiger partial charge < -0.3 is 14.7 Å². The van der Waals surface area contributed by atoms with E-state index in [-0.39, 0.29) is 11.8 Å². The van der Waals surface area contributed by atoms with E-state index in [0.29, 0.717) is 23.9 Å². The van der Waals surface area contributed by atoms with Crippen molar-refractivity contribution in [1.29, 1.82) is 0 Å². The van der Waals surface area contributed by atoms with Crippen LogP contribution in [0.5, 0.6) is 0 Å². The largest absolute Gasteiger partial charge is 0.360 e. The summed E-state index contributed by atoms with van der Waals surface area (Å²) in [6.07, 6.45) is 5.26. The van der Waals surface area contributed by atoms with Gasteiger partial charge in [-0.2, -0.15) is 5.10 Å². The zero-order valence-electron chi connectivity index (χ0n) is 14.4. The zero-order chi connectivity index (χ0) is 17.9. The van der Waals surface area contributed by atoms with Gasteiger partial charge in [-0.1, -0.05) is 5.16 Å². The second kappa shape index (κ2) is 6.95. The standard InChI is InChI=1S/C17H19N7O2/c1-12-10-14(22-26-12)19-17(25)13-4-2-8-23(11-13)15-5-6-16(21-20-15)24-9-3-7-18-24/h3,5-7,9-10,13H,2,4,8,11H2,1H3,(H,19,22,25)/t13-/m1/s1. The molecule has 3 aromatic heterocycles. The topological polar surface area (TPSA) is 102 Å². The van der Waals surface area contributed by atoms with E-state index in [9.17, 15) is 4.79 Å². The Balaban J connectivity index is 1.42. The average molecular weight is 353 g/mol. The van der Waals surface area contributed by atoms with Gasteiger partial charge in [0.05, 0.1) is 5.92 Å². The number of aromatic nitrogens is 5. The molecule has 1 N–H and O–H groups in total. The minimum Gasteiger partial charge on any atom is -0.360 e. The summed E-state index contributed by atoms with van der Waals surface area (Å²) in [5.41, 5.74) is 0. The van der Waals surface area contributed by atoms with Crippen LogP contribution in [0.15, 0.2) is 41.2 Å². The molecule has 9 nitrogen and oxygen atoms in total. The quantitative estimate of drug-likeness (QED) is 0.763. The van der Waals surface area contributed by atoms with Crippen molar-refractivity contribution in [3.63, 3.8) is 0 Å². The molecule has 1 fully saturated rings. The van der Waals surface area contributed by atoms with Crippen LogP contribution in [0, 0.1) is 12.8 Å². The molecule has 0 bridgehead atoms. The lowest BCUT2D eigenvalue weighted by molar-refractivity contribution is -0.120. The van der Waals surface area contributed by atoms with E-state index in [2.05, 4.69) is 30.7 Å². The number of nitrogens with zero attached hydrogens (tertiary/aromatic N) is 6. The number of hydrogen-bond donors (Lipinski definition) is 1. The van der Waals surface area contributed by atoms with Crippen LogP contribution < -0.4 is 10.2 Å². The molecule has 1 aliphatic heterocycles. The van der Waals surface area contributed by atoms with Crippen molar-refractivity contribution in [3.05, 3.63) is 42.4 Å². The van der Waals surface area contributed by atoms with Gasteiger partial charge in [-0.25, -0.2) is 4.68 Å². The number of amides is 1. The molecule has 0 aromatic carbocycles. The molecule has 4 rings (SSSR count). The average Bonchev–Trinajstić information content (AvgIpc) is 3.34. The predicted molar refractivity (Wildman–Crippen MR) is 94.0 cm³/mol. The van der Waals surface area contributed by atoms with Crippen LogP contribution in [0.25, 0.3) is 5.82 Å². The molecule has 0 aliphatic carbocycles. The maximum Gasteiger partial charge on any atom is 0.230 e. The Morgan fingerprint density at radius 2 is 2.15 bits per heavy atom. The Morgan fingerprint density at radius 1 is 1.31 bits per heavy atom. The number of carbonyl (C=O) groups is 1. The third kappa shape index (κ3) is 3.41. The maximum atomic E-state index is 12.5. The van der Waals surface area contributed by atoms with Gasteiger partial charge in [0.25, 0.3) is 0 Å². The number of anilines is 2. The minimum absolute atomic E-state index is 0.0517. The van der Waals surface area contributed by atoms with E-state index >= 15 is 0 Å². The van der Waals surface area contributed by atoms with E-state index in [0.717, 1.165) is 25.2 Å². The van der Waals surface area contributed by atoms with Crippen LogP contribution in [0.1, 0.15) is 18.6 Å². The summed E-state index contributed by atoms with van der Waals surface area (Å²) in [5.74, 6) is 2.35. The fourth-order valence-electron chi connectivity index (χ4n) is 3.07. The van der Waals surface area contributed by atoms with E-state index in [4.69, 9.17) is 4.52 Å². The van der Waals surface area contributed by atoms with Gasteiger partial charge >= 0.3 is 0 Å². The Labute approximate surface area is 150 Å². The second-order valence-electron chi connectivity index (χ2n) is 6.30. The van der Waals surface area contributed by atoms with Gasteiger partial charge in [0, 0.05) is 31.5 Å². The first-order valence-corrected chi connectivity index (χ1v) is 8.52. The first-order chi connectivity index (χ1) is 12.7. The zero-order valence-corrected chi connectivity index (χ0v) is 14.4. The molecular formula is C17H19N7O2. The molecule has 9 heteroatoms. The fraction of sp³-hybridized carbons (Fsp3) is 0.353. The highest BCUT2D eigenvalue weighted by molar-refractivity contribution is 5.92. The summed E-state index contributed by atoms with van der Waals surface area (Å²) in [7, 11) is 0. The summed E-state index contributed by atoms with van der Waals surface area (Å²) in [6.45, 7) is 3.23. The monoisotopic (exact) mass is 353 g/mol. The van der Waals surface area contributed by atoms with Gasteiger partial charge in [-0.3, -0.25) is 4.79 Å². The Kier molecular flexibility index (Phi) is 4.34. The summed E-state index contributed by atoms with van der Waals surface area (Å²) in [4.78, 5) is 14.6. The van der Waals surface area contributed by atoms with Gasteiger partial charge in [0.15, 0.2) is 17.5 Å². The van der Waals surface area contributed by atoms with Gasteiger partial charge in [0.1, 0.15) is 5.76 Å². The lowest BCUT2D eigenvalue weighted by Crippen LogP contribution is -2.41. The maximum absolute atomic E-state index is 12.5. The highest BCUT2D eigenvalue weighted by Crippen LogP contribution is 2.23. The molecule has 1 atom stereocenters. The van der Waals surface area contributed by atoms with Crippen LogP contribution in [0.4, 0.5) is 11.6 Å². The lowest BCUT2D eigenvalue weighted by Gasteiger charge is -2.32. The van der Waals surface area contributed by atoms with Crippen LogP contribution >= 0.6 is 0 Å². The predicted octanol–water partition coefficient (Wildman–Crippen LogP) is 1.81. The van der Waals surface area contributed by atoms with Crippen molar-refractivity contribution in [3.8, 4) is 5.82 Å². The van der Waals surface area contributed by atoms with Crippen LogP contribution in [0.3, 0.4) is 0 Å². The van der Waals surface area contributed by atoms with E-state index in [1.54, 1.807) is 23.9 Å². The number of nitrogens with one attached hydrogen (secondary N) is 1. The van der Waals surface area contributed by atoms with Crippen LogP contribution in [0.2, 0.25) is 0 Å². The fourth-order valence-corrected chi connectivity index (χ4v) is 3.07. The molecule has 4 heterocycles. The van der Waals surface area contributed by atoms with Gasteiger partial charge in [0.2, 0.25) is 5.91 Å². The first kappa shape index (κ1) is 16.2. The number of hydrogen-bond acceptors (Lipinski definition) is 7. The summed E-state index contributed by atoms with van der Waals surface area (Å²) in [5, 5.41) is 19.3.